The summed E-state index contributed by atoms with van der Waals surface area (Å²) in [5.41, 5.74) is -0.516. The van der Waals surface area contributed by atoms with Gasteiger partial charge in [-0.3, -0.25) is 4.98 Å². The lowest BCUT2D eigenvalue weighted by Gasteiger charge is -2.22. The van der Waals surface area contributed by atoms with E-state index >= 15 is 0 Å². The summed E-state index contributed by atoms with van der Waals surface area (Å²) in [5.74, 6) is 0.257. The van der Waals surface area contributed by atoms with Gasteiger partial charge in [-0.05, 0) is 24.6 Å². The van der Waals surface area contributed by atoms with Gasteiger partial charge in [0.25, 0.3) is 0 Å². The van der Waals surface area contributed by atoms with Gasteiger partial charge in [-0.1, -0.05) is 20.8 Å². The normalized spacial score (nSPS) is 13.9. The van der Waals surface area contributed by atoms with E-state index in [0.717, 1.165) is 12.6 Å². The molecule has 1 unspecified atom stereocenters. The first kappa shape index (κ1) is 15.0. The fourth-order valence-corrected chi connectivity index (χ4v) is 1.87. The maximum absolute atomic E-state index is 12.8. The molecule has 0 radical (unpaired) electrons. The number of aromatic nitrogens is 1. The van der Waals surface area contributed by atoms with Crippen molar-refractivity contribution in [2.24, 2.45) is 5.92 Å². The summed E-state index contributed by atoms with van der Waals surface area (Å²) < 4.78 is 38.5. The van der Waals surface area contributed by atoms with Crippen molar-refractivity contribution in [3.8, 4) is 0 Å². The van der Waals surface area contributed by atoms with E-state index in [1.54, 1.807) is 0 Å². The summed E-state index contributed by atoms with van der Waals surface area (Å²) in [5, 5.41) is 3.20. The number of halogens is 3. The first-order chi connectivity index (χ1) is 8.36. The van der Waals surface area contributed by atoms with Crippen LogP contribution in [0.4, 0.5) is 13.2 Å². The van der Waals surface area contributed by atoms with Gasteiger partial charge in [-0.15, -0.1) is 0 Å². The Hall–Kier alpha value is -1.10. The third kappa shape index (κ3) is 3.98. The Morgan fingerprint density at radius 3 is 2.50 bits per heavy atom. The largest absolute Gasteiger partial charge is 0.418 e. The van der Waals surface area contributed by atoms with Crippen LogP contribution >= 0.6 is 0 Å². The van der Waals surface area contributed by atoms with E-state index in [0.29, 0.717) is 6.42 Å². The molecule has 0 saturated heterocycles. The van der Waals surface area contributed by atoms with Crippen LogP contribution in [0.15, 0.2) is 18.3 Å². The lowest BCUT2D eigenvalue weighted by molar-refractivity contribution is -0.138. The maximum atomic E-state index is 12.8. The minimum Gasteiger partial charge on any atom is -0.314 e. The zero-order chi connectivity index (χ0) is 13.8. The van der Waals surface area contributed by atoms with Crippen molar-refractivity contribution in [3.05, 3.63) is 29.6 Å². The molecule has 0 bridgehead atoms. The fourth-order valence-electron chi connectivity index (χ4n) is 1.87. The molecular formula is C13H19F3N2. The number of pyridine rings is 1. The molecule has 1 rings (SSSR count). The van der Waals surface area contributed by atoms with E-state index in [1.807, 2.05) is 20.8 Å². The lowest BCUT2D eigenvalue weighted by atomic mass is 9.96. The Labute approximate surface area is 106 Å². The van der Waals surface area contributed by atoms with E-state index in [1.165, 1.54) is 12.3 Å². The second kappa shape index (κ2) is 6.18. The molecule has 1 aromatic rings. The second-order valence-electron chi connectivity index (χ2n) is 4.61. The van der Waals surface area contributed by atoms with Gasteiger partial charge in [0.15, 0.2) is 0 Å². The summed E-state index contributed by atoms with van der Waals surface area (Å²) in [6, 6.07) is 2.42. The highest BCUT2D eigenvalue weighted by Crippen LogP contribution is 2.31. The van der Waals surface area contributed by atoms with Gasteiger partial charge >= 0.3 is 6.18 Å². The van der Waals surface area contributed by atoms with Crippen molar-refractivity contribution in [1.29, 1.82) is 0 Å². The van der Waals surface area contributed by atoms with Crippen LogP contribution in [0.5, 0.6) is 0 Å². The van der Waals surface area contributed by atoms with Crippen LogP contribution in [0.3, 0.4) is 0 Å². The molecule has 0 fully saturated rings. The molecule has 0 amide bonds. The predicted molar refractivity (Wildman–Crippen MR) is 65.2 cm³/mol. The minimum absolute atomic E-state index is 0.00556. The lowest BCUT2D eigenvalue weighted by Crippen LogP contribution is -2.36. The van der Waals surface area contributed by atoms with Crippen LogP contribution in [0.25, 0.3) is 0 Å². The van der Waals surface area contributed by atoms with E-state index < -0.39 is 11.7 Å². The van der Waals surface area contributed by atoms with Crippen LogP contribution in [-0.4, -0.2) is 17.6 Å². The number of alkyl halides is 3. The van der Waals surface area contributed by atoms with Crippen LogP contribution in [-0.2, 0) is 12.6 Å². The Morgan fingerprint density at radius 2 is 2.00 bits per heavy atom. The van der Waals surface area contributed by atoms with Gasteiger partial charge in [0.05, 0.1) is 11.3 Å². The molecule has 0 spiro atoms. The van der Waals surface area contributed by atoms with Gasteiger partial charge in [0, 0.05) is 18.7 Å². The van der Waals surface area contributed by atoms with E-state index in [-0.39, 0.29) is 17.7 Å². The van der Waals surface area contributed by atoms with Crippen LogP contribution in [0.1, 0.15) is 32.0 Å². The number of nitrogens with one attached hydrogen (secondary N) is 1. The summed E-state index contributed by atoms with van der Waals surface area (Å²) >= 11 is 0. The average molecular weight is 260 g/mol. The zero-order valence-electron chi connectivity index (χ0n) is 10.9. The summed E-state index contributed by atoms with van der Waals surface area (Å²) in [7, 11) is 0. The first-order valence-corrected chi connectivity index (χ1v) is 6.10. The van der Waals surface area contributed by atoms with E-state index in [9.17, 15) is 13.2 Å². The Kier molecular flexibility index (Phi) is 5.14. The van der Waals surface area contributed by atoms with Crippen LogP contribution < -0.4 is 5.32 Å². The molecule has 1 N–H and O–H groups in total. The highest BCUT2D eigenvalue weighted by molar-refractivity contribution is 5.23. The molecule has 1 aromatic heterocycles. The molecule has 102 valence electrons. The van der Waals surface area contributed by atoms with E-state index in [4.69, 9.17) is 0 Å². The quantitative estimate of drug-likeness (QED) is 0.878. The first-order valence-electron chi connectivity index (χ1n) is 6.10. The molecule has 18 heavy (non-hydrogen) atoms. The Morgan fingerprint density at radius 1 is 1.33 bits per heavy atom. The Bertz CT molecular complexity index is 375. The van der Waals surface area contributed by atoms with Crippen molar-refractivity contribution < 1.29 is 13.2 Å². The number of hydrogen-bond acceptors (Lipinski definition) is 2. The monoisotopic (exact) mass is 260 g/mol. The summed E-state index contributed by atoms with van der Waals surface area (Å²) in [6.07, 6.45) is -2.63. The third-order valence-electron chi connectivity index (χ3n) is 2.88. The Balaban J connectivity index is 2.96. The SMILES string of the molecule is CCNC(Cc1ncccc1C(F)(F)F)C(C)C. The summed E-state index contributed by atoms with van der Waals surface area (Å²) in [6.45, 7) is 6.66. The minimum atomic E-state index is -4.34. The van der Waals surface area contributed by atoms with Crippen LogP contribution in [0, 0.1) is 5.92 Å². The van der Waals surface area contributed by atoms with E-state index in [2.05, 4.69) is 10.3 Å². The molecule has 0 aromatic carbocycles. The molecule has 0 aliphatic rings. The van der Waals surface area contributed by atoms with Gasteiger partial charge in [-0.2, -0.15) is 13.2 Å². The van der Waals surface area contributed by atoms with Gasteiger partial charge < -0.3 is 5.32 Å². The molecule has 5 heteroatoms. The molecule has 1 heterocycles. The van der Waals surface area contributed by atoms with Gasteiger partial charge in [0.2, 0.25) is 0 Å². The van der Waals surface area contributed by atoms with Crippen molar-refractivity contribution in [2.45, 2.75) is 39.4 Å². The third-order valence-corrected chi connectivity index (χ3v) is 2.88. The number of rotatable bonds is 5. The van der Waals surface area contributed by atoms with Gasteiger partial charge in [0.1, 0.15) is 0 Å². The zero-order valence-corrected chi connectivity index (χ0v) is 10.9. The van der Waals surface area contributed by atoms with Crippen molar-refractivity contribution in [2.75, 3.05) is 6.54 Å². The van der Waals surface area contributed by atoms with Crippen molar-refractivity contribution >= 4 is 0 Å². The maximum Gasteiger partial charge on any atom is 0.418 e. The van der Waals surface area contributed by atoms with Crippen LogP contribution in [0.2, 0.25) is 0 Å². The standard InChI is InChI=1S/C13H19F3N2/c1-4-17-11(9(2)3)8-12-10(13(14,15)16)6-5-7-18-12/h5-7,9,11,17H,4,8H2,1-3H3. The topological polar surface area (TPSA) is 24.9 Å². The number of likely N-dealkylation sites (N-methyl/N-ethyl adjacent to an activating group) is 1. The number of nitrogens with zero attached hydrogens (tertiary/aromatic N) is 1. The average Bonchev–Trinajstić information content (AvgIpc) is 2.27. The molecular weight excluding hydrogens is 241 g/mol. The smallest absolute Gasteiger partial charge is 0.314 e. The van der Waals surface area contributed by atoms with Gasteiger partial charge in [-0.25, -0.2) is 0 Å². The second-order valence-corrected chi connectivity index (χ2v) is 4.61. The fraction of sp³-hybridized carbons (Fsp3) is 0.615. The predicted octanol–water partition coefficient (Wildman–Crippen LogP) is 3.28. The molecule has 0 saturated carbocycles. The van der Waals surface area contributed by atoms with Crippen molar-refractivity contribution in [1.82, 2.24) is 10.3 Å². The molecule has 0 aliphatic carbocycles. The van der Waals surface area contributed by atoms with Crippen molar-refractivity contribution in [3.63, 3.8) is 0 Å². The molecule has 1 atom stereocenters. The number of hydrogen-bond donors (Lipinski definition) is 1. The highest BCUT2D eigenvalue weighted by Gasteiger charge is 2.34. The molecule has 2 nitrogen and oxygen atoms in total. The highest BCUT2D eigenvalue weighted by atomic mass is 19.4. The molecule has 0 aliphatic heterocycles. The summed E-state index contributed by atoms with van der Waals surface area (Å²) in [4.78, 5) is 3.89.